The fourth-order valence-electron chi connectivity index (χ4n) is 7.16. The molecule has 0 aromatic heterocycles. The molecule has 0 saturated carbocycles. The predicted molar refractivity (Wildman–Crippen MR) is 236 cm³/mol. The van der Waals surface area contributed by atoms with Crippen molar-refractivity contribution in [1.29, 1.82) is 0 Å². The van der Waals surface area contributed by atoms with Crippen LogP contribution in [0.1, 0.15) is 33.4 Å². The number of carbonyl (C=O) groups excluding carboxylic acids is 2. The van der Waals surface area contributed by atoms with Crippen LogP contribution in [0.25, 0.3) is 0 Å². The summed E-state index contributed by atoms with van der Waals surface area (Å²) in [5, 5.41) is 2.64. The van der Waals surface area contributed by atoms with Gasteiger partial charge in [0.25, 0.3) is 0 Å². The van der Waals surface area contributed by atoms with E-state index in [0.717, 1.165) is 33.4 Å². The maximum Gasteiger partial charge on any atom is 0.408 e. The van der Waals surface area contributed by atoms with E-state index in [1.54, 1.807) is 12.1 Å². The zero-order valence-corrected chi connectivity index (χ0v) is 35.2. The van der Waals surface area contributed by atoms with E-state index in [4.69, 9.17) is 37.9 Å². The van der Waals surface area contributed by atoms with Crippen molar-refractivity contribution < 1.29 is 47.5 Å². The number of esters is 1. The second kappa shape index (κ2) is 23.8. The van der Waals surface area contributed by atoms with Crippen molar-refractivity contribution in [2.45, 2.75) is 76.2 Å². The molecule has 63 heavy (non-hydrogen) atoms. The lowest BCUT2D eigenvalue weighted by molar-refractivity contribution is -0.310. The van der Waals surface area contributed by atoms with Crippen LogP contribution in [-0.4, -0.2) is 62.5 Å². The minimum absolute atomic E-state index is 0.0595. The van der Waals surface area contributed by atoms with Crippen LogP contribution in [0.2, 0.25) is 0 Å². The third kappa shape index (κ3) is 13.8. The number of alkyl carbamates (subject to hydrolysis) is 1. The van der Waals surface area contributed by atoms with Crippen molar-refractivity contribution in [3.8, 4) is 5.75 Å². The highest BCUT2D eigenvalue weighted by atomic mass is 16.7. The van der Waals surface area contributed by atoms with Gasteiger partial charge in [0.1, 0.15) is 42.8 Å². The van der Waals surface area contributed by atoms with Gasteiger partial charge in [-0.3, -0.25) is 0 Å². The lowest BCUT2D eigenvalue weighted by atomic mass is 9.97. The predicted octanol–water partition coefficient (Wildman–Crippen LogP) is 8.77. The van der Waals surface area contributed by atoms with Gasteiger partial charge in [-0.25, -0.2) is 9.59 Å². The molecule has 1 aliphatic heterocycles. The van der Waals surface area contributed by atoms with E-state index in [1.807, 2.05) is 164 Å². The first-order valence-corrected chi connectivity index (χ1v) is 21.0. The second-order valence-corrected chi connectivity index (χ2v) is 15.1. The summed E-state index contributed by atoms with van der Waals surface area (Å²) in [6.07, 6.45) is -4.26. The third-order valence-corrected chi connectivity index (χ3v) is 10.4. The quantitative estimate of drug-likeness (QED) is 0.0704. The molecule has 1 amide bonds. The number of benzene rings is 6. The Hall–Kier alpha value is -6.34. The van der Waals surface area contributed by atoms with Crippen LogP contribution in [0, 0.1) is 0 Å². The molecule has 11 heteroatoms. The molecule has 6 atom stereocenters. The van der Waals surface area contributed by atoms with Gasteiger partial charge < -0.3 is 43.2 Å². The molecule has 1 fully saturated rings. The first-order valence-electron chi connectivity index (χ1n) is 21.0. The molecule has 0 aliphatic carbocycles. The minimum Gasteiger partial charge on any atom is -0.467 e. The molecule has 1 saturated heterocycles. The summed E-state index contributed by atoms with van der Waals surface area (Å²) in [4.78, 5) is 25.5. The van der Waals surface area contributed by atoms with Crippen molar-refractivity contribution in [2.24, 2.45) is 0 Å². The fraction of sp³-hybridized carbons (Fsp3) is 0.269. The molecule has 6 aromatic carbocycles. The Bertz CT molecular complexity index is 2230. The normalized spacial score (nSPS) is 18.8. The standard InChI is InChI=1S/C52H53NO10/c1-56-50(54)45(53-52(55)61-36-43-25-15-6-16-26-43)31-38-27-29-44(30-28-38)62-51-49(60-35-42-23-13-5-14-24-42)48(59-34-41-21-11-4-12-22-41)47(58-33-40-19-9-3-10-20-40)46(63-51)37-57-32-39-17-7-2-8-18-39/h2-30,45-49,51H,31-37H2,1H3,(H,53,55)/t45-,46-,47-,48+,49+,51+/m1/s1. The Morgan fingerprint density at radius 2 is 0.968 bits per heavy atom. The highest BCUT2D eigenvalue weighted by Gasteiger charge is 2.50. The van der Waals surface area contributed by atoms with Crippen molar-refractivity contribution in [1.82, 2.24) is 5.32 Å². The molecule has 0 bridgehead atoms. The van der Waals surface area contributed by atoms with E-state index < -0.39 is 48.8 Å². The van der Waals surface area contributed by atoms with Crippen LogP contribution in [0.4, 0.5) is 4.79 Å². The highest BCUT2D eigenvalue weighted by molar-refractivity contribution is 5.81. The average molecular weight is 852 g/mol. The van der Waals surface area contributed by atoms with Crippen LogP contribution >= 0.6 is 0 Å². The molecule has 1 heterocycles. The second-order valence-electron chi connectivity index (χ2n) is 15.1. The Balaban J connectivity index is 1.13. The number of methoxy groups -OCH3 is 1. The van der Waals surface area contributed by atoms with Crippen LogP contribution in [0.5, 0.6) is 5.75 Å². The van der Waals surface area contributed by atoms with E-state index in [-0.39, 0.29) is 32.8 Å². The summed E-state index contributed by atoms with van der Waals surface area (Å²) in [5.74, 6) is -0.122. The van der Waals surface area contributed by atoms with E-state index in [0.29, 0.717) is 19.0 Å². The molecule has 0 spiro atoms. The maximum atomic E-state index is 12.8. The number of hydrogen-bond acceptors (Lipinski definition) is 10. The zero-order valence-electron chi connectivity index (χ0n) is 35.2. The molecule has 6 aromatic rings. The van der Waals surface area contributed by atoms with Gasteiger partial charge in [0.15, 0.2) is 0 Å². The Labute approximate surface area is 368 Å². The number of amides is 1. The number of hydrogen-bond donors (Lipinski definition) is 1. The van der Waals surface area contributed by atoms with Gasteiger partial charge in [-0.2, -0.15) is 0 Å². The first-order chi connectivity index (χ1) is 31.0. The maximum absolute atomic E-state index is 12.8. The van der Waals surface area contributed by atoms with Gasteiger partial charge in [-0.1, -0.05) is 164 Å². The summed E-state index contributed by atoms with van der Waals surface area (Å²) >= 11 is 0. The van der Waals surface area contributed by atoms with Gasteiger partial charge in [0.2, 0.25) is 6.29 Å². The van der Waals surface area contributed by atoms with Gasteiger partial charge in [-0.15, -0.1) is 0 Å². The summed E-state index contributed by atoms with van der Waals surface area (Å²) in [6.45, 7) is 1.46. The van der Waals surface area contributed by atoms with Gasteiger partial charge in [0, 0.05) is 6.42 Å². The molecule has 0 radical (unpaired) electrons. The summed E-state index contributed by atoms with van der Waals surface area (Å²) < 4.78 is 50.6. The topological polar surface area (TPSA) is 120 Å². The fourth-order valence-corrected chi connectivity index (χ4v) is 7.16. The van der Waals surface area contributed by atoms with Crippen molar-refractivity contribution >= 4 is 12.1 Å². The smallest absolute Gasteiger partial charge is 0.408 e. The van der Waals surface area contributed by atoms with Crippen LogP contribution in [-0.2, 0) is 77.4 Å². The molecule has 7 rings (SSSR count). The first kappa shape index (κ1) is 44.7. The van der Waals surface area contributed by atoms with Crippen molar-refractivity contribution in [3.63, 3.8) is 0 Å². The number of carbonyl (C=O) groups is 2. The third-order valence-electron chi connectivity index (χ3n) is 10.4. The number of rotatable bonds is 21. The summed E-state index contributed by atoms with van der Waals surface area (Å²) in [5.41, 5.74) is 5.54. The van der Waals surface area contributed by atoms with Crippen molar-refractivity contribution in [3.05, 3.63) is 209 Å². The lowest BCUT2D eigenvalue weighted by Crippen LogP contribution is -2.62. The van der Waals surface area contributed by atoms with E-state index in [2.05, 4.69) is 5.32 Å². The molecule has 0 unspecified atom stereocenters. The largest absolute Gasteiger partial charge is 0.467 e. The Morgan fingerprint density at radius 1 is 0.524 bits per heavy atom. The van der Waals surface area contributed by atoms with Crippen molar-refractivity contribution in [2.75, 3.05) is 13.7 Å². The number of ether oxygens (including phenoxy) is 8. The summed E-state index contributed by atoms with van der Waals surface area (Å²) in [7, 11) is 1.28. The zero-order chi connectivity index (χ0) is 43.5. The van der Waals surface area contributed by atoms with E-state index >= 15 is 0 Å². The minimum atomic E-state index is -0.991. The van der Waals surface area contributed by atoms with Crippen LogP contribution in [0.3, 0.4) is 0 Å². The highest BCUT2D eigenvalue weighted by Crippen LogP contribution is 2.33. The SMILES string of the molecule is COC(=O)[C@@H](Cc1ccc(O[C@H]2O[C@H](COCc3ccccc3)[C@@H](OCc3ccccc3)[C@H](OCc3ccccc3)[C@@H]2OCc2ccccc2)cc1)NC(=O)OCc1ccccc1. The lowest BCUT2D eigenvalue weighted by Gasteiger charge is -2.45. The average Bonchev–Trinajstić information content (AvgIpc) is 3.33. The molecule has 326 valence electrons. The molecule has 1 N–H and O–H groups in total. The number of nitrogens with one attached hydrogen (secondary N) is 1. The molecular formula is C52H53NO10. The molecular weight excluding hydrogens is 799 g/mol. The van der Waals surface area contributed by atoms with Crippen LogP contribution in [0.15, 0.2) is 176 Å². The molecule has 1 aliphatic rings. The van der Waals surface area contributed by atoms with E-state index in [9.17, 15) is 9.59 Å². The Kier molecular flexibility index (Phi) is 16.9. The molecule has 11 nitrogen and oxygen atoms in total. The van der Waals surface area contributed by atoms with E-state index in [1.165, 1.54) is 7.11 Å². The van der Waals surface area contributed by atoms with Gasteiger partial charge >= 0.3 is 12.1 Å². The van der Waals surface area contributed by atoms with Gasteiger partial charge in [-0.05, 0) is 45.5 Å². The summed E-state index contributed by atoms with van der Waals surface area (Å²) in [6, 6.07) is 55.3. The monoisotopic (exact) mass is 851 g/mol. The van der Waals surface area contributed by atoms with Gasteiger partial charge in [0.05, 0.1) is 40.1 Å². The Morgan fingerprint density at radius 3 is 1.46 bits per heavy atom. The van der Waals surface area contributed by atoms with Crippen LogP contribution < -0.4 is 10.1 Å².